The minimum Gasteiger partial charge on any atom is -0.462 e. The van der Waals surface area contributed by atoms with E-state index in [0.717, 1.165) is 122 Å². The van der Waals surface area contributed by atoms with Crippen LogP contribution in [0.15, 0.2) is 97.2 Å². The van der Waals surface area contributed by atoms with E-state index in [-0.39, 0.29) is 31.1 Å². The molecule has 0 aromatic heterocycles. The second-order valence-electron chi connectivity index (χ2n) is 20.9. The summed E-state index contributed by atoms with van der Waals surface area (Å²) in [6, 6.07) is 0. The van der Waals surface area contributed by atoms with Crippen LogP contribution in [-0.2, 0) is 28.6 Å². The van der Waals surface area contributed by atoms with Crippen LogP contribution in [0.4, 0.5) is 0 Å². The molecule has 0 rings (SSSR count). The molecule has 0 saturated carbocycles. The molecule has 0 bridgehead atoms. The lowest BCUT2D eigenvalue weighted by Crippen LogP contribution is -2.30. The standard InChI is InChI=1S/C69H118O6/c1-4-7-10-13-16-19-22-25-28-31-33-34-36-39-41-44-47-50-53-56-59-62-68(71)74-65-66(75-69(72)63-60-57-54-51-48-45-42-37-30-27-24-21-18-15-12-9-6-3)64-73-67(70)61-58-55-52-49-46-43-40-38-35-32-29-26-23-20-17-14-11-8-5-2/h8,11,17-18,20-21,26-27,29-30,35,38,42-43,45-46,66H,4-7,9-10,12-16,19,22-25,28,31-34,36-37,39-41,44,47-65H2,1-3H3/b11-8-,20-17-,21-18-,29-26-,30-27-,38-35-,45-42-,46-43-/t66-/m1/s1. The summed E-state index contributed by atoms with van der Waals surface area (Å²) in [6.07, 6.45) is 84.1. The van der Waals surface area contributed by atoms with Crippen LogP contribution in [-0.4, -0.2) is 37.2 Å². The maximum absolute atomic E-state index is 12.9. The second-order valence-corrected chi connectivity index (χ2v) is 20.9. The molecule has 0 amide bonds. The van der Waals surface area contributed by atoms with Gasteiger partial charge in [0.05, 0.1) is 0 Å². The van der Waals surface area contributed by atoms with E-state index >= 15 is 0 Å². The lowest BCUT2D eigenvalue weighted by molar-refractivity contribution is -0.167. The Morgan fingerprint density at radius 2 is 0.520 bits per heavy atom. The second kappa shape index (κ2) is 62.9. The molecule has 0 saturated heterocycles. The molecule has 0 radical (unpaired) electrons. The molecule has 0 aliphatic carbocycles. The summed E-state index contributed by atoms with van der Waals surface area (Å²) in [6.45, 7) is 6.48. The normalized spacial score (nSPS) is 12.7. The fourth-order valence-electron chi connectivity index (χ4n) is 8.83. The third-order valence-electron chi connectivity index (χ3n) is 13.6. The highest BCUT2D eigenvalue weighted by atomic mass is 16.6. The Bertz CT molecular complexity index is 1480. The van der Waals surface area contributed by atoms with E-state index in [1.807, 2.05) is 0 Å². The van der Waals surface area contributed by atoms with E-state index in [2.05, 4.69) is 118 Å². The van der Waals surface area contributed by atoms with Crippen molar-refractivity contribution in [3.05, 3.63) is 97.2 Å². The molecule has 0 N–H and O–H groups in total. The lowest BCUT2D eigenvalue weighted by Gasteiger charge is -2.18. The van der Waals surface area contributed by atoms with Gasteiger partial charge in [-0.25, -0.2) is 0 Å². The van der Waals surface area contributed by atoms with Crippen molar-refractivity contribution in [2.24, 2.45) is 0 Å². The van der Waals surface area contributed by atoms with Gasteiger partial charge >= 0.3 is 17.9 Å². The highest BCUT2D eigenvalue weighted by molar-refractivity contribution is 5.71. The molecule has 0 aromatic rings. The third-order valence-corrected chi connectivity index (χ3v) is 13.6. The van der Waals surface area contributed by atoms with Gasteiger partial charge in [-0.3, -0.25) is 14.4 Å². The van der Waals surface area contributed by atoms with Gasteiger partial charge in [-0.1, -0.05) is 279 Å². The van der Waals surface area contributed by atoms with E-state index in [1.54, 1.807) is 0 Å². The van der Waals surface area contributed by atoms with Crippen molar-refractivity contribution in [1.29, 1.82) is 0 Å². The maximum atomic E-state index is 12.9. The third kappa shape index (κ3) is 61.1. The van der Waals surface area contributed by atoms with Crippen LogP contribution in [0.25, 0.3) is 0 Å². The Morgan fingerprint density at radius 1 is 0.280 bits per heavy atom. The quantitative estimate of drug-likeness (QED) is 0.0261. The Balaban J connectivity index is 4.44. The van der Waals surface area contributed by atoms with Gasteiger partial charge in [-0.15, -0.1) is 0 Å². The summed E-state index contributed by atoms with van der Waals surface area (Å²) in [7, 11) is 0. The van der Waals surface area contributed by atoms with Crippen molar-refractivity contribution < 1.29 is 28.6 Å². The number of allylic oxidation sites excluding steroid dienone is 16. The van der Waals surface area contributed by atoms with Crippen LogP contribution >= 0.6 is 0 Å². The first-order valence-corrected chi connectivity index (χ1v) is 31.7. The van der Waals surface area contributed by atoms with Crippen LogP contribution in [0, 0.1) is 0 Å². The molecule has 6 heteroatoms. The van der Waals surface area contributed by atoms with Crippen molar-refractivity contribution in [1.82, 2.24) is 0 Å². The van der Waals surface area contributed by atoms with E-state index in [4.69, 9.17) is 14.2 Å². The number of esters is 3. The average Bonchev–Trinajstić information content (AvgIpc) is 3.41. The number of carbonyl (C=O) groups is 3. The van der Waals surface area contributed by atoms with Crippen molar-refractivity contribution >= 4 is 17.9 Å². The molecule has 0 spiro atoms. The molecular weight excluding hydrogens is 925 g/mol. The summed E-state index contributed by atoms with van der Waals surface area (Å²) < 4.78 is 16.9. The largest absolute Gasteiger partial charge is 0.462 e. The highest BCUT2D eigenvalue weighted by Gasteiger charge is 2.19. The number of hydrogen-bond acceptors (Lipinski definition) is 6. The minimum atomic E-state index is -0.804. The monoisotopic (exact) mass is 1040 g/mol. The zero-order chi connectivity index (χ0) is 54.3. The molecule has 6 nitrogen and oxygen atoms in total. The van der Waals surface area contributed by atoms with Crippen molar-refractivity contribution in [2.75, 3.05) is 13.2 Å². The Labute approximate surface area is 464 Å². The van der Waals surface area contributed by atoms with Crippen LogP contribution in [0.5, 0.6) is 0 Å². The van der Waals surface area contributed by atoms with Crippen molar-refractivity contribution in [3.63, 3.8) is 0 Å². The van der Waals surface area contributed by atoms with E-state index in [0.29, 0.717) is 19.3 Å². The van der Waals surface area contributed by atoms with Gasteiger partial charge < -0.3 is 14.2 Å². The van der Waals surface area contributed by atoms with Gasteiger partial charge in [0.15, 0.2) is 6.10 Å². The van der Waals surface area contributed by atoms with Crippen LogP contribution in [0.3, 0.4) is 0 Å². The molecule has 0 aliphatic rings. The summed E-state index contributed by atoms with van der Waals surface area (Å²) in [5, 5.41) is 0. The molecule has 1 atom stereocenters. The minimum absolute atomic E-state index is 0.0956. The Hall–Kier alpha value is -3.67. The van der Waals surface area contributed by atoms with Crippen molar-refractivity contribution in [3.8, 4) is 0 Å². The zero-order valence-corrected chi connectivity index (χ0v) is 49.3. The predicted molar refractivity (Wildman–Crippen MR) is 325 cm³/mol. The average molecular weight is 1040 g/mol. The number of carbonyl (C=O) groups excluding carboxylic acids is 3. The van der Waals surface area contributed by atoms with Crippen molar-refractivity contribution in [2.45, 2.75) is 309 Å². The first-order chi connectivity index (χ1) is 37.0. The number of ether oxygens (including phenoxy) is 3. The summed E-state index contributed by atoms with van der Waals surface area (Å²) in [4.78, 5) is 38.3. The molecule has 0 unspecified atom stereocenters. The molecule has 0 heterocycles. The van der Waals surface area contributed by atoms with Gasteiger partial charge in [0.25, 0.3) is 0 Å². The Kier molecular flexibility index (Phi) is 59.8. The van der Waals surface area contributed by atoms with E-state index in [1.165, 1.54) is 141 Å². The highest BCUT2D eigenvalue weighted by Crippen LogP contribution is 2.16. The van der Waals surface area contributed by atoms with Gasteiger partial charge in [-0.2, -0.15) is 0 Å². The predicted octanol–water partition coefficient (Wildman–Crippen LogP) is 21.7. The first-order valence-electron chi connectivity index (χ1n) is 31.7. The zero-order valence-electron chi connectivity index (χ0n) is 49.3. The van der Waals surface area contributed by atoms with Gasteiger partial charge in [0.2, 0.25) is 0 Å². The number of rotatable bonds is 57. The summed E-state index contributed by atoms with van der Waals surface area (Å²) in [5.41, 5.74) is 0. The lowest BCUT2D eigenvalue weighted by atomic mass is 10.0. The molecule has 0 fully saturated rings. The maximum Gasteiger partial charge on any atom is 0.306 e. The summed E-state index contributed by atoms with van der Waals surface area (Å²) in [5.74, 6) is -0.940. The molecule has 430 valence electrons. The smallest absolute Gasteiger partial charge is 0.306 e. The van der Waals surface area contributed by atoms with Crippen LogP contribution in [0.2, 0.25) is 0 Å². The Morgan fingerprint density at radius 3 is 0.853 bits per heavy atom. The SMILES string of the molecule is CC/C=C\C/C=C\C/C=C\C/C=C\C/C=C\CCCCCC(=O)OC[C@H](COC(=O)CCCCCCCCCCCCCCCCCCCCCCC)OC(=O)CCCCCC/C=C\C/C=C\C/C=C\CCCCC. The fraction of sp³-hybridized carbons (Fsp3) is 0.725. The van der Waals surface area contributed by atoms with E-state index in [9.17, 15) is 14.4 Å². The van der Waals surface area contributed by atoms with E-state index < -0.39 is 6.10 Å². The van der Waals surface area contributed by atoms with Crippen LogP contribution in [0.1, 0.15) is 303 Å². The van der Waals surface area contributed by atoms with Gasteiger partial charge in [0, 0.05) is 19.3 Å². The van der Waals surface area contributed by atoms with Crippen LogP contribution < -0.4 is 0 Å². The molecule has 0 aliphatic heterocycles. The molecule has 0 aromatic carbocycles. The number of hydrogen-bond donors (Lipinski definition) is 0. The van der Waals surface area contributed by atoms with Gasteiger partial charge in [0.1, 0.15) is 13.2 Å². The topological polar surface area (TPSA) is 78.9 Å². The fourth-order valence-corrected chi connectivity index (χ4v) is 8.83. The first kappa shape index (κ1) is 71.3. The number of unbranched alkanes of at least 4 members (excludes halogenated alkanes) is 30. The summed E-state index contributed by atoms with van der Waals surface area (Å²) >= 11 is 0. The molecule has 75 heavy (non-hydrogen) atoms. The van der Waals surface area contributed by atoms with Gasteiger partial charge in [-0.05, 0) is 103 Å². The molecular formula is C69H118O6.